The molecule has 0 spiro atoms. The van der Waals surface area contributed by atoms with E-state index in [0.29, 0.717) is 0 Å². The molecule has 8 nitrogen and oxygen atoms in total. The molecule has 0 saturated carbocycles. The first-order chi connectivity index (χ1) is 7.82. The standard InChI is InChI=1S/C8H10ClN5O3/c1-2(8(16)17)12-7(15)3-5(10)14-6(11)4(9)13-3/h2H,1H3,(H,12,15)(H,16,17)(H4,10,11,14)/t2-/m0/s1. The lowest BCUT2D eigenvalue weighted by atomic mass is 10.3. The van der Waals surface area contributed by atoms with Gasteiger partial charge < -0.3 is 21.9 Å². The molecule has 0 saturated heterocycles. The predicted octanol–water partition coefficient (Wildman–Crippen LogP) is -0.503. The van der Waals surface area contributed by atoms with Crippen LogP contribution >= 0.6 is 11.6 Å². The number of carboxylic acids is 1. The lowest BCUT2D eigenvalue weighted by molar-refractivity contribution is -0.138. The van der Waals surface area contributed by atoms with Crippen molar-refractivity contribution in [3.8, 4) is 0 Å². The van der Waals surface area contributed by atoms with E-state index in [1.165, 1.54) is 6.92 Å². The van der Waals surface area contributed by atoms with E-state index in [9.17, 15) is 9.59 Å². The number of hydrogen-bond donors (Lipinski definition) is 4. The van der Waals surface area contributed by atoms with Gasteiger partial charge in [0.25, 0.3) is 5.91 Å². The molecule has 1 aromatic heterocycles. The Hall–Kier alpha value is -2.09. The van der Waals surface area contributed by atoms with Crippen LogP contribution in [0.5, 0.6) is 0 Å². The summed E-state index contributed by atoms with van der Waals surface area (Å²) >= 11 is 5.58. The second kappa shape index (κ2) is 4.83. The highest BCUT2D eigenvalue weighted by molar-refractivity contribution is 6.31. The van der Waals surface area contributed by atoms with E-state index >= 15 is 0 Å². The lowest BCUT2D eigenvalue weighted by Crippen LogP contribution is -2.39. The summed E-state index contributed by atoms with van der Waals surface area (Å²) in [5.74, 6) is -2.30. The normalized spacial score (nSPS) is 11.9. The number of amides is 1. The van der Waals surface area contributed by atoms with Crippen molar-refractivity contribution < 1.29 is 14.7 Å². The fourth-order valence-corrected chi connectivity index (χ4v) is 1.06. The minimum Gasteiger partial charge on any atom is -0.480 e. The molecule has 9 heteroatoms. The summed E-state index contributed by atoms with van der Waals surface area (Å²) in [7, 11) is 0. The Bertz CT molecular complexity index is 478. The van der Waals surface area contributed by atoms with Gasteiger partial charge in [-0.2, -0.15) is 0 Å². The van der Waals surface area contributed by atoms with Crippen LogP contribution in [0.4, 0.5) is 11.6 Å². The molecule has 0 aliphatic heterocycles. The van der Waals surface area contributed by atoms with Crippen LogP contribution < -0.4 is 16.8 Å². The van der Waals surface area contributed by atoms with Crippen molar-refractivity contribution in [1.82, 2.24) is 15.3 Å². The fraction of sp³-hybridized carbons (Fsp3) is 0.250. The Morgan fingerprint density at radius 3 is 2.47 bits per heavy atom. The number of nitrogens with one attached hydrogen (secondary N) is 1. The number of anilines is 2. The van der Waals surface area contributed by atoms with Gasteiger partial charge in [0.15, 0.2) is 22.5 Å². The Morgan fingerprint density at radius 1 is 1.35 bits per heavy atom. The summed E-state index contributed by atoms with van der Waals surface area (Å²) < 4.78 is 0. The van der Waals surface area contributed by atoms with Crippen LogP contribution in [0.2, 0.25) is 5.15 Å². The number of nitrogens with two attached hydrogens (primary N) is 2. The minimum atomic E-state index is -1.19. The Morgan fingerprint density at radius 2 is 1.94 bits per heavy atom. The summed E-state index contributed by atoms with van der Waals surface area (Å²) in [6, 6.07) is -1.08. The maximum Gasteiger partial charge on any atom is 0.325 e. The molecule has 1 amide bonds. The minimum absolute atomic E-state index is 0.105. The monoisotopic (exact) mass is 259 g/mol. The van der Waals surface area contributed by atoms with Crippen molar-refractivity contribution in [3.05, 3.63) is 10.8 Å². The van der Waals surface area contributed by atoms with E-state index in [0.717, 1.165) is 0 Å². The van der Waals surface area contributed by atoms with Crippen molar-refractivity contribution in [1.29, 1.82) is 0 Å². The second-order valence-corrected chi connectivity index (χ2v) is 3.52. The highest BCUT2D eigenvalue weighted by atomic mass is 35.5. The molecule has 1 aromatic rings. The molecule has 1 atom stereocenters. The van der Waals surface area contributed by atoms with Gasteiger partial charge in [0.2, 0.25) is 0 Å². The van der Waals surface area contributed by atoms with Crippen LogP contribution in [0.1, 0.15) is 17.4 Å². The SMILES string of the molecule is C[C@H](NC(=O)c1nc(Cl)c(N)nc1N)C(=O)O. The molecule has 6 N–H and O–H groups in total. The van der Waals surface area contributed by atoms with Crippen LogP contribution in [-0.2, 0) is 4.79 Å². The average Bonchev–Trinajstić information content (AvgIpc) is 2.22. The number of nitrogen functional groups attached to an aromatic ring is 2. The first kappa shape index (κ1) is 13.0. The molecule has 0 aliphatic carbocycles. The number of rotatable bonds is 3. The zero-order valence-corrected chi connectivity index (χ0v) is 9.52. The van der Waals surface area contributed by atoms with Crippen LogP contribution in [-0.4, -0.2) is 33.0 Å². The number of aliphatic carboxylic acids is 1. The highest BCUT2D eigenvalue weighted by Gasteiger charge is 2.20. The van der Waals surface area contributed by atoms with Crippen molar-refractivity contribution >= 4 is 35.1 Å². The zero-order valence-electron chi connectivity index (χ0n) is 8.77. The van der Waals surface area contributed by atoms with Gasteiger partial charge in [-0.15, -0.1) is 0 Å². The van der Waals surface area contributed by atoms with Crippen molar-refractivity contribution in [2.24, 2.45) is 0 Å². The third-order valence-corrected chi connectivity index (χ3v) is 2.12. The largest absolute Gasteiger partial charge is 0.480 e. The maximum atomic E-state index is 11.6. The summed E-state index contributed by atoms with van der Waals surface area (Å²) in [6.07, 6.45) is 0. The van der Waals surface area contributed by atoms with Crippen LogP contribution in [0.15, 0.2) is 0 Å². The number of nitrogens with zero attached hydrogens (tertiary/aromatic N) is 2. The number of carbonyl (C=O) groups is 2. The first-order valence-electron chi connectivity index (χ1n) is 4.45. The molecule has 0 fully saturated rings. The van der Waals surface area contributed by atoms with Gasteiger partial charge in [0.1, 0.15) is 6.04 Å². The van der Waals surface area contributed by atoms with E-state index in [4.69, 9.17) is 28.2 Å². The van der Waals surface area contributed by atoms with Crippen LogP contribution in [0, 0.1) is 0 Å². The molecule has 0 bridgehead atoms. The van der Waals surface area contributed by atoms with Gasteiger partial charge in [-0.1, -0.05) is 11.6 Å². The third-order valence-electron chi connectivity index (χ3n) is 1.84. The maximum absolute atomic E-state index is 11.6. The quantitative estimate of drug-likeness (QED) is 0.572. The van der Waals surface area contributed by atoms with E-state index in [2.05, 4.69) is 15.3 Å². The molecule has 0 aromatic carbocycles. The zero-order chi connectivity index (χ0) is 13.2. The summed E-state index contributed by atoms with van der Waals surface area (Å²) in [5, 5.41) is 10.6. The third kappa shape index (κ3) is 2.94. The topological polar surface area (TPSA) is 144 Å². The fourth-order valence-electron chi connectivity index (χ4n) is 0.935. The smallest absolute Gasteiger partial charge is 0.325 e. The Balaban J connectivity index is 2.97. The summed E-state index contributed by atoms with van der Waals surface area (Å²) in [4.78, 5) is 29.4. The second-order valence-electron chi connectivity index (χ2n) is 3.17. The van der Waals surface area contributed by atoms with Crippen molar-refractivity contribution in [2.45, 2.75) is 13.0 Å². The van der Waals surface area contributed by atoms with Crippen LogP contribution in [0.25, 0.3) is 0 Å². The molecule has 0 aliphatic rings. The number of hydrogen-bond acceptors (Lipinski definition) is 6. The van der Waals surface area contributed by atoms with E-state index in [-0.39, 0.29) is 22.5 Å². The molecule has 17 heavy (non-hydrogen) atoms. The van der Waals surface area contributed by atoms with Gasteiger partial charge in [0.05, 0.1) is 0 Å². The van der Waals surface area contributed by atoms with Crippen molar-refractivity contribution in [3.63, 3.8) is 0 Å². The van der Waals surface area contributed by atoms with Crippen LogP contribution in [0.3, 0.4) is 0 Å². The molecular weight excluding hydrogens is 250 g/mol. The molecule has 0 radical (unpaired) electrons. The van der Waals surface area contributed by atoms with Gasteiger partial charge in [-0.25, -0.2) is 9.97 Å². The molecular formula is C8H10ClN5O3. The van der Waals surface area contributed by atoms with E-state index in [1.807, 2.05) is 0 Å². The van der Waals surface area contributed by atoms with Gasteiger partial charge in [0, 0.05) is 0 Å². The summed E-state index contributed by atoms with van der Waals surface area (Å²) in [6.45, 7) is 1.29. The van der Waals surface area contributed by atoms with E-state index in [1.54, 1.807) is 0 Å². The van der Waals surface area contributed by atoms with Gasteiger partial charge >= 0.3 is 5.97 Å². The lowest BCUT2D eigenvalue weighted by Gasteiger charge is -2.10. The average molecular weight is 260 g/mol. The first-order valence-corrected chi connectivity index (χ1v) is 4.83. The number of carbonyl (C=O) groups excluding carboxylic acids is 1. The number of carboxylic acid groups (broad SMARTS) is 1. The molecule has 1 rings (SSSR count). The molecule has 0 unspecified atom stereocenters. The van der Waals surface area contributed by atoms with Crippen molar-refractivity contribution in [2.75, 3.05) is 11.5 Å². The molecule has 1 heterocycles. The predicted molar refractivity (Wildman–Crippen MR) is 60.4 cm³/mol. The summed E-state index contributed by atoms with van der Waals surface area (Å²) in [5.41, 5.74) is 10.5. The van der Waals surface area contributed by atoms with E-state index < -0.39 is 17.9 Å². The highest BCUT2D eigenvalue weighted by Crippen LogP contribution is 2.17. The number of aromatic nitrogens is 2. The van der Waals surface area contributed by atoms with Gasteiger partial charge in [-0.3, -0.25) is 9.59 Å². The molecule has 92 valence electrons. The van der Waals surface area contributed by atoms with Gasteiger partial charge in [-0.05, 0) is 6.92 Å². The Labute approximate surface area is 101 Å². The Kier molecular flexibility index (Phi) is 3.69. The number of halogens is 1.